The van der Waals surface area contributed by atoms with Crippen molar-refractivity contribution in [2.75, 3.05) is 24.6 Å². The topological polar surface area (TPSA) is 90.2 Å². The van der Waals surface area contributed by atoms with E-state index >= 15 is 0 Å². The molecule has 0 N–H and O–H groups in total. The molecule has 0 radical (unpaired) electrons. The fraction of sp³-hybridized carbons (Fsp3) is 0.318. The summed E-state index contributed by atoms with van der Waals surface area (Å²) in [6.45, 7) is 3.30. The largest absolute Gasteiger partial charge is 0.366 e. The van der Waals surface area contributed by atoms with Crippen molar-refractivity contribution >= 4 is 11.7 Å². The molecular formula is C22H23N5O3. The van der Waals surface area contributed by atoms with Crippen LogP contribution in [0.2, 0.25) is 0 Å². The molecule has 3 heterocycles. The van der Waals surface area contributed by atoms with Gasteiger partial charge in [-0.3, -0.25) is 14.2 Å². The quantitative estimate of drug-likeness (QED) is 0.599. The molecule has 4 rings (SSSR count). The van der Waals surface area contributed by atoms with Crippen molar-refractivity contribution < 1.29 is 9.53 Å². The van der Waals surface area contributed by atoms with Crippen LogP contribution in [0.3, 0.4) is 0 Å². The second kappa shape index (κ2) is 8.54. The first-order valence-electron chi connectivity index (χ1n) is 9.91. The standard InChI is InChI=1S/C22H23N5O3/c1-3-15-4-6-16(7-5-15)21(29)19-13-27(10-11-30-19)22-25-18(12-20(28)26(22)2)17-8-9-23-14-24-17/h4-9,12,14,19H,3,10-11,13H2,1-2H3. The summed E-state index contributed by atoms with van der Waals surface area (Å²) >= 11 is 0. The van der Waals surface area contributed by atoms with Crippen LogP contribution in [0.1, 0.15) is 22.8 Å². The van der Waals surface area contributed by atoms with Crippen LogP contribution in [0, 0.1) is 0 Å². The van der Waals surface area contributed by atoms with E-state index in [2.05, 4.69) is 21.9 Å². The zero-order chi connectivity index (χ0) is 21.1. The van der Waals surface area contributed by atoms with Crippen molar-refractivity contribution in [2.45, 2.75) is 19.4 Å². The Bertz CT molecular complexity index is 1100. The number of ketones is 1. The van der Waals surface area contributed by atoms with Gasteiger partial charge in [0.25, 0.3) is 5.56 Å². The molecule has 0 spiro atoms. The van der Waals surface area contributed by atoms with Crippen molar-refractivity contribution in [3.05, 3.63) is 70.4 Å². The maximum atomic E-state index is 13.0. The third-order valence-electron chi connectivity index (χ3n) is 5.24. The van der Waals surface area contributed by atoms with Gasteiger partial charge in [0.15, 0.2) is 5.78 Å². The molecule has 8 heteroatoms. The van der Waals surface area contributed by atoms with Gasteiger partial charge in [0.2, 0.25) is 5.95 Å². The summed E-state index contributed by atoms with van der Waals surface area (Å²) in [5, 5.41) is 0. The minimum atomic E-state index is -0.620. The number of carbonyl (C=O) groups is 1. The first kappa shape index (κ1) is 19.9. The summed E-state index contributed by atoms with van der Waals surface area (Å²) in [5.41, 5.74) is 2.65. The zero-order valence-electron chi connectivity index (χ0n) is 17.0. The van der Waals surface area contributed by atoms with E-state index in [0.717, 1.165) is 6.42 Å². The molecule has 1 aliphatic heterocycles. The van der Waals surface area contributed by atoms with Gasteiger partial charge in [-0.15, -0.1) is 0 Å². The molecule has 2 aromatic heterocycles. The second-order valence-corrected chi connectivity index (χ2v) is 7.15. The number of aromatic nitrogens is 4. The lowest BCUT2D eigenvalue weighted by atomic mass is 10.0. The molecule has 1 fully saturated rings. The van der Waals surface area contributed by atoms with Gasteiger partial charge in [-0.05, 0) is 18.1 Å². The van der Waals surface area contributed by atoms with Gasteiger partial charge in [-0.2, -0.15) is 0 Å². The Morgan fingerprint density at radius 2 is 2.00 bits per heavy atom. The fourth-order valence-corrected chi connectivity index (χ4v) is 3.46. The third-order valence-corrected chi connectivity index (χ3v) is 5.24. The molecular weight excluding hydrogens is 382 g/mol. The number of morpholine rings is 1. The highest BCUT2D eigenvalue weighted by Gasteiger charge is 2.29. The number of rotatable bonds is 5. The lowest BCUT2D eigenvalue weighted by Gasteiger charge is -2.33. The van der Waals surface area contributed by atoms with E-state index in [1.807, 2.05) is 29.2 Å². The fourth-order valence-electron chi connectivity index (χ4n) is 3.46. The van der Waals surface area contributed by atoms with Gasteiger partial charge in [-0.25, -0.2) is 15.0 Å². The molecule has 0 amide bonds. The third kappa shape index (κ3) is 3.99. The Labute approximate surface area is 174 Å². The Kier molecular flexibility index (Phi) is 5.67. The van der Waals surface area contributed by atoms with Crippen LogP contribution in [-0.2, 0) is 18.2 Å². The molecule has 154 valence electrons. The van der Waals surface area contributed by atoms with Gasteiger partial charge < -0.3 is 9.64 Å². The summed E-state index contributed by atoms with van der Waals surface area (Å²) in [6, 6.07) is 10.8. The summed E-state index contributed by atoms with van der Waals surface area (Å²) in [4.78, 5) is 40.1. The first-order valence-corrected chi connectivity index (χ1v) is 9.91. The van der Waals surface area contributed by atoms with Crippen LogP contribution in [0.15, 0.2) is 53.7 Å². The lowest BCUT2D eigenvalue weighted by molar-refractivity contribution is 0.0337. The smallest absolute Gasteiger partial charge is 0.255 e. The van der Waals surface area contributed by atoms with E-state index in [1.54, 1.807) is 19.3 Å². The Morgan fingerprint density at radius 3 is 2.70 bits per heavy atom. The maximum Gasteiger partial charge on any atom is 0.255 e. The number of anilines is 1. The molecule has 1 atom stereocenters. The van der Waals surface area contributed by atoms with E-state index in [0.29, 0.717) is 42.6 Å². The first-order chi connectivity index (χ1) is 14.6. The van der Waals surface area contributed by atoms with Crippen molar-refractivity contribution in [3.8, 4) is 11.4 Å². The average molecular weight is 405 g/mol. The highest BCUT2D eigenvalue weighted by molar-refractivity contribution is 6.00. The number of carbonyl (C=O) groups excluding carboxylic acids is 1. The van der Waals surface area contributed by atoms with Gasteiger partial charge in [-0.1, -0.05) is 31.2 Å². The van der Waals surface area contributed by atoms with Gasteiger partial charge in [0, 0.05) is 31.4 Å². The molecule has 8 nitrogen and oxygen atoms in total. The molecule has 0 bridgehead atoms. The Balaban J connectivity index is 1.60. The van der Waals surface area contributed by atoms with E-state index in [-0.39, 0.29) is 11.3 Å². The Hall–Kier alpha value is -3.39. The highest BCUT2D eigenvalue weighted by Crippen LogP contribution is 2.20. The molecule has 3 aromatic rings. The number of hydrogen-bond acceptors (Lipinski definition) is 7. The van der Waals surface area contributed by atoms with Crippen molar-refractivity contribution in [1.29, 1.82) is 0 Å². The summed E-state index contributed by atoms with van der Waals surface area (Å²) in [6.07, 6.45) is 3.33. The maximum absolute atomic E-state index is 13.0. The summed E-state index contributed by atoms with van der Waals surface area (Å²) in [5.74, 6) is 0.415. The highest BCUT2D eigenvalue weighted by atomic mass is 16.5. The van der Waals surface area contributed by atoms with Crippen LogP contribution in [0.25, 0.3) is 11.4 Å². The number of ether oxygens (including phenoxy) is 1. The summed E-state index contributed by atoms with van der Waals surface area (Å²) < 4.78 is 7.24. The predicted octanol–water partition coefficient (Wildman–Crippen LogP) is 1.89. The van der Waals surface area contributed by atoms with Crippen LogP contribution >= 0.6 is 0 Å². The van der Waals surface area contributed by atoms with Crippen LogP contribution < -0.4 is 10.5 Å². The van der Waals surface area contributed by atoms with Crippen molar-refractivity contribution in [2.24, 2.45) is 7.05 Å². The minimum Gasteiger partial charge on any atom is -0.366 e. The number of hydrogen-bond donors (Lipinski definition) is 0. The van der Waals surface area contributed by atoms with E-state index in [9.17, 15) is 9.59 Å². The molecule has 30 heavy (non-hydrogen) atoms. The molecule has 0 aliphatic carbocycles. The van der Waals surface area contributed by atoms with Crippen LogP contribution in [0.4, 0.5) is 5.95 Å². The SMILES string of the molecule is CCc1ccc(C(=O)C2CN(c3nc(-c4ccncn4)cc(=O)n3C)CCO2)cc1. The van der Waals surface area contributed by atoms with Crippen LogP contribution in [-0.4, -0.2) is 51.1 Å². The average Bonchev–Trinajstić information content (AvgIpc) is 2.81. The number of aryl methyl sites for hydroxylation is 1. The minimum absolute atomic E-state index is 0.0701. The van der Waals surface area contributed by atoms with Crippen molar-refractivity contribution in [3.63, 3.8) is 0 Å². The molecule has 0 saturated carbocycles. The van der Waals surface area contributed by atoms with Crippen LogP contribution in [0.5, 0.6) is 0 Å². The van der Waals surface area contributed by atoms with Gasteiger partial charge >= 0.3 is 0 Å². The summed E-state index contributed by atoms with van der Waals surface area (Å²) in [7, 11) is 1.67. The molecule has 1 aliphatic rings. The lowest BCUT2D eigenvalue weighted by Crippen LogP contribution is -2.48. The van der Waals surface area contributed by atoms with E-state index < -0.39 is 6.10 Å². The van der Waals surface area contributed by atoms with Gasteiger partial charge in [0.05, 0.1) is 24.5 Å². The molecule has 1 saturated heterocycles. The molecule has 1 unspecified atom stereocenters. The molecule has 1 aromatic carbocycles. The number of benzene rings is 1. The number of Topliss-reactive ketones (excluding diaryl/α,β-unsaturated/α-hetero) is 1. The van der Waals surface area contributed by atoms with Gasteiger partial charge in [0.1, 0.15) is 12.4 Å². The van der Waals surface area contributed by atoms with E-state index in [1.165, 1.54) is 22.5 Å². The monoisotopic (exact) mass is 405 g/mol. The zero-order valence-corrected chi connectivity index (χ0v) is 17.0. The second-order valence-electron chi connectivity index (χ2n) is 7.15. The van der Waals surface area contributed by atoms with Crippen molar-refractivity contribution in [1.82, 2.24) is 19.5 Å². The number of nitrogens with zero attached hydrogens (tertiary/aromatic N) is 5. The normalized spacial score (nSPS) is 16.5. The predicted molar refractivity (Wildman–Crippen MR) is 113 cm³/mol. The Morgan fingerprint density at radius 1 is 1.20 bits per heavy atom. The van der Waals surface area contributed by atoms with E-state index in [4.69, 9.17) is 4.74 Å².